The number of nitrogens with one attached hydrogen (secondary N) is 1. The molecule has 1 aliphatic rings. The Labute approximate surface area is 107 Å². The van der Waals surface area contributed by atoms with E-state index in [0.29, 0.717) is 10.8 Å². The van der Waals surface area contributed by atoms with Crippen molar-refractivity contribution in [1.82, 2.24) is 4.98 Å². The summed E-state index contributed by atoms with van der Waals surface area (Å²) < 4.78 is 13.4. The number of hydrogen-bond donors (Lipinski definition) is 1. The minimum Gasteiger partial charge on any atom is -0.368 e. The summed E-state index contributed by atoms with van der Waals surface area (Å²) in [5, 5.41) is 3.38. The predicted molar refractivity (Wildman–Crippen MR) is 68.9 cm³/mol. The summed E-state index contributed by atoms with van der Waals surface area (Å²) in [7, 11) is 0. The summed E-state index contributed by atoms with van der Waals surface area (Å²) in [6.45, 7) is 0.788. The molecule has 1 aliphatic carbocycles. The molecule has 2 rings (SSSR count). The second kappa shape index (κ2) is 6.20. The average Bonchev–Trinajstić information content (AvgIpc) is 2.33. The summed E-state index contributed by atoms with van der Waals surface area (Å²) in [5.41, 5.74) is 0. The minimum atomic E-state index is -0.374. The van der Waals surface area contributed by atoms with Crippen molar-refractivity contribution in [2.24, 2.45) is 5.92 Å². The zero-order valence-corrected chi connectivity index (χ0v) is 10.6. The standard InChI is InChI=1S/C13H18ClFN2/c14-11-8-12(15)13(17-9-11)16-7-6-10-4-2-1-3-5-10/h8-10H,1-7H2,(H,16,17). The Morgan fingerprint density at radius 3 is 2.82 bits per heavy atom. The van der Waals surface area contributed by atoms with Gasteiger partial charge in [-0.3, -0.25) is 0 Å². The highest BCUT2D eigenvalue weighted by atomic mass is 35.5. The number of pyridine rings is 1. The molecule has 1 heterocycles. The zero-order chi connectivity index (χ0) is 12.1. The van der Waals surface area contributed by atoms with Crippen LogP contribution in [0.2, 0.25) is 5.02 Å². The quantitative estimate of drug-likeness (QED) is 0.871. The molecule has 1 fully saturated rings. The fraction of sp³-hybridized carbons (Fsp3) is 0.615. The Morgan fingerprint density at radius 1 is 1.35 bits per heavy atom. The molecule has 0 aromatic carbocycles. The van der Waals surface area contributed by atoms with Crippen LogP contribution >= 0.6 is 11.6 Å². The van der Waals surface area contributed by atoms with Gasteiger partial charge in [-0.2, -0.15) is 0 Å². The Morgan fingerprint density at radius 2 is 2.12 bits per heavy atom. The van der Waals surface area contributed by atoms with Gasteiger partial charge in [-0.15, -0.1) is 0 Å². The van der Waals surface area contributed by atoms with Crippen LogP contribution in [0.25, 0.3) is 0 Å². The number of anilines is 1. The van der Waals surface area contributed by atoms with Crippen LogP contribution < -0.4 is 5.32 Å². The van der Waals surface area contributed by atoms with Crippen LogP contribution in [0, 0.1) is 11.7 Å². The molecule has 0 aliphatic heterocycles. The smallest absolute Gasteiger partial charge is 0.166 e. The van der Waals surface area contributed by atoms with Crippen molar-refractivity contribution in [1.29, 1.82) is 0 Å². The fourth-order valence-electron chi connectivity index (χ4n) is 2.42. The van der Waals surface area contributed by atoms with E-state index in [2.05, 4.69) is 10.3 Å². The highest BCUT2D eigenvalue weighted by molar-refractivity contribution is 6.30. The molecular weight excluding hydrogens is 239 g/mol. The lowest BCUT2D eigenvalue weighted by atomic mass is 9.87. The highest BCUT2D eigenvalue weighted by Crippen LogP contribution is 2.26. The molecule has 1 N–H and O–H groups in total. The lowest BCUT2D eigenvalue weighted by Gasteiger charge is -2.21. The van der Waals surface area contributed by atoms with Crippen LogP contribution in [-0.2, 0) is 0 Å². The van der Waals surface area contributed by atoms with Gasteiger partial charge >= 0.3 is 0 Å². The van der Waals surface area contributed by atoms with Gasteiger partial charge in [0, 0.05) is 12.7 Å². The molecule has 1 aromatic rings. The van der Waals surface area contributed by atoms with Crippen molar-refractivity contribution >= 4 is 17.4 Å². The molecule has 1 saturated carbocycles. The van der Waals surface area contributed by atoms with E-state index in [1.165, 1.54) is 44.4 Å². The lowest BCUT2D eigenvalue weighted by Crippen LogP contribution is -2.13. The number of hydrogen-bond acceptors (Lipinski definition) is 2. The highest BCUT2D eigenvalue weighted by Gasteiger charge is 2.13. The van der Waals surface area contributed by atoms with E-state index in [-0.39, 0.29) is 5.82 Å². The first-order valence-electron chi connectivity index (χ1n) is 6.30. The Bertz CT molecular complexity index is 364. The van der Waals surface area contributed by atoms with E-state index in [0.717, 1.165) is 18.9 Å². The van der Waals surface area contributed by atoms with E-state index in [1.54, 1.807) is 0 Å². The third-order valence-corrected chi connectivity index (χ3v) is 3.58. The second-order valence-corrected chi connectivity index (χ2v) is 5.14. The van der Waals surface area contributed by atoms with Crippen LogP contribution in [0.15, 0.2) is 12.3 Å². The third kappa shape index (κ3) is 3.84. The first kappa shape index (κ1) is 12.6. The molecule has 0 radical (unpaired) electrons. The summed E-state index contributed by atoms with van der Waals surface area (Å²) in [5.74, 6) is 0.734. The summed E-state index contributed by atoms with van der Waals surface area (Å²) >= 11 is 5.64. The third-order valence-electron chi connectivity index (χ3n) is 3.38. The summed E-state index contributed by atoms with van der Waals surface area (Å²) in [6.07, 6.45) is 9.27. The maximum absolute atomic E-state index is 13.4. The molecule has 0 amide bonds. The van der Waals surface area contributed by atoms with E-state index < -0.39 is 0 Å². The molecule has 0 spiro atoms. The van der Waals surface area contributed by atoms with Gasteiger partial charge in [0.15, 0.2) is 11.6 Å². The van der Waals surface area contributed by atoms with Gasteiger partial charge in [-0.25, -0.2) is 9.37 Å². The molecule has 0 atom stereocenters. The van der Waals surface area contributed by atoms with Crippen molar-refractivity contribution in [3.8, 4) is 0 Å². The topological polar surface area (TPSA) is 24.9 Å². The molecule has 0 unspecified atom stereocenters. The van der Waals surface area contributed by atoms with E-state index in [9.17, 15) is 4.39 Å². The summed E-state index contributed by atoms with van der Waals surface area (Å²) in [4.78, 5) is 3.94. The maximum Gasteiger partial charge on any atom is 0.166 e. The molecular formula is C13H18ClFN2. The maximum atomic E-state index is 13.4. The second-order valence-electron chi connectivity index (χ2n) is 4.70. The van der Waals surface area contributed by atoms with Crippen molar-refractivity contribution in [3.63, 3.8) is 0 Å². The number of halogens is 2. The zero-order valence-electron chi connectivity index (χ0n) is 9.88. The van der Waals surface area contributed by atoms with Crippen LogP contribution in [0.3, 0.4) is 0 Å². The fourth-order valence-corrected chi connectivity index (χ4v) is 2.56. The number of nitrogens with zero attached hydrogens (tertiary/aromatic N) is 1. The first-order valence-corrected chi connectivity index (χ1v) is 6.68. The molecule has 0 bridgehead atoms. The molecule has 1 aromatic heterocycles. The molecule has 2 nitrogen and oxygen atoms in total. The predicted octanol–water partition coefficient (Wildman–Crippen LogP) is 4.26. The minimum absolute atomic E-state index is 0.310. The van der Waals surface area contributed by atoms with Gasteiger partial charge in [-0.1, -0.05) is 43.7 Å². The normalized spacial score (nSPS) is 17.1. The van der Waals surface area contributed by atoms with Gasteiger partial charge in [0.05, 0.1) is 5.02 Å². The van der Waals surface area contributed by atoms with E-state index in [4.69, 9.17) is 11.6 Å². The Hall–Kier alpha value is -0.830. The number of aromatic nitrogens is 1. The van der Waals surface area contributed by atoms with E-state index in [1.807, 2.05) is 0 Å². The molecule has 0 saturated heterocycles. The van der Waals surface area contributed by atoms with Gasteiger partial charge in [-0.05, 0) is 18.4 Å². The van der Waals surface area contributed by atoms with Gasteiger partial charge in [0.2, 0.25) is 0 Å². The monoisotopic (exact) mass is 256 g/mol. The van der Waals surface area contributed by atoms with Crippen LogP contribution in [-0.4, -0.2) is 11.5 Å². The molecule has 4 heteroatoms. The SMILES string of the molecule is Fc1cc(Cl)cnc1NCCC1CCCCC1. The van der Waals surface area contributed by atoms with Crippen molar-refractivity contribution in [2.75, 3.05) is 11.9 Å². The van der Waals surface area contributed by atoms with Crippen LogP contribution in [0.1, 0.15) is 38.5 Å². The summed E-state index contributed by atoms with van der Waals surface area (Å²) in [6, 6.07) is 1.29. The van der Waals surface area contributed by atoms with Gasteiger partial charge < -0.3 is 5.32 Å². The van der Waals surface area contributed by atoms with Crippen molar-refractivity contribution < 1.29 is 4.39 Å². The Balaban J connectivity index is 1.77. The van der Waals surface area contributed by atoms with Crippen molar-refractivity contribution in [3.05, 3.63) is 23.1 Å². The Kier molecular flexibility index (Phi) is 4.60. The number of rotatable bonds is 4. The van der Waals surface area contributed by atoms with Gasteiger partial charge in [0.25, 0.3) is 0 Å². The largest absolute Gasteiger partial charge is 0.368 e. The van der Waals surface area contributed by atoms with Crippen LogP contribution in [0.4, 0.5) is 10.2 Å². The van der Waals surface area contributed by atoms with Crippen molar-refractivity contribution in [2.45, 2.75) is 38.5 Å². The first-order chi connectivity index (χ1) is 8.25. The van der Waals surface area contributed by atoms with E-state index >= 15 is 0 Å². The molecule has 94 valence electrons. The average molecular weight is 257 g/mol. The van der Waals surface area contributed by atoms with Gasteiger partial charge in [0.1, 0.15) is 0 Å². The molecule has 17 heavy (non-hydrogen) atoms. The van der Waals surface area contributed by atoms with Crippen LogP contribution in [0.5, 0.6) is 0 Å². The lowest BCUT2D eigenvalue weighted by molar-refractivity contribution is 0.345.